The van der Waals surface area contributed by atoms with Crippen LogP contribution >= 0.6 is 0 Å². The van der Waals surface area contributed by atoms with E-state index in [2.05, 4.69) is 19.2 Å². The van der Waals surface area contributed by atoms with Crippen molar-refractivity contribution >= 4 is 5.97 Å². The number of halogens is 2. The molecule has 0 unspecified atom stereocenters. The normalized spacial score (nSPS) is 41.0. The number of carbonyl (C=O) groups excluding carboxylic acids is 1. The van der Waals surface area contributed by atoms with E-state index in [0.717, 1.165) is 24.8 Å². The second-order valence-electron chi connectivity index (χ2n) is 12.9. The lowest BCUT2D eigenvalue weighted by molar-refractivity contribution is -0.182. The number of benzene rings is 1. The largest absolute Gasteiger partial charge is 0.456 e. The number of aryl methyl sites for hydroxylation is 1. The quantitative estimate of drug-likeness (QED) is 0.345. The molecule has 0 radical (unpaired) electrons. The number of rotatable bonds is 6. The van der Waals surface area contributed by atoms with Crippen molar-refractivity contribution in [1.82, 2.24) is 5.32 Å². The minimum atomic E-state index is -3.09. The van der Waals surface area contributed by atoms with Crippen LogP contribution in [0.3, 0.4) is 0 Å². The lowest BCUT2D eigenvalue weighted by atomic mass is 9.47. The first-order chi connectivity index (χ1) is 17.2. The minimum absolute atomic E-state index is 0.133. The van der Waals surface area contributed by atoms with Gasteiger partial charge in [0.2, 0.25) is 0 Å². The lowest BCUT2D eigenvalue weighted by Gasteiger charge is -2.59. The van der Waals surface area contributed by atoms with E-state index in [1.807, 2.05) is 36.4 Å². The second kappa shape index (κ2) is 8.92. The van der Waals surface area contributed by atoms with Crippen LogP contribution in [-0.4, -0.2) is 30.1 Å². The summed E-state index contributed by atoms with van der Waals surface area (Å²) in [7, 11) is 0. The van der Waals surface area contributed by atoms with Crippen LogP contribution in [0.1, 0.15) is 83.6 Å². The summed E-state index contributed by atoms with van der Waals surface area (Å²) in [4.78, 5) is 12.5. The fourth-order valence-corrected chi connectivity index (χ4v) is 8.77. The topological polar surface area (TPSA) is 38.3 Å². The second-order valence-corrected chi connectivity index (χ2v) is 12.9. The maximum Gasteiger partial charge on any atom is 0.306 e. The molecule has 196 valence electrons. The molecule has 1 aromatic carbocycles. The highest BCUT2D eigenvalue weighted by atomic mass is 19.3. The molecule has 36 heavy (non-hydrogen) atoms. The van der Waals surface area contributed by atoms with Gasteiger partial charge >= 0.3 is 11.9 Å². The maximum atomic E-state index is 15.9. The Kier molecular flexibility index (Phi) is 6.09. The number of carbonyl (C=O) groups is 1. The Balaban J connectivity index is 1.16. The van der Waals surface area contributed by atoms with Crippen molar-refractivity contribution in [2.24, 2.45) is 28.6 Å². The summed E-state index contributed by atoms with van der Waals surface area (Å²) in [5, 5.41) is 3.93. The first-order valence-corrected chi connectivity index (χ1v) is 14.3. The Hall–Kier alpha value is -1.75. The lowest BCUT2D eigenvalue weighted by Crippen LogP contribution is -2.57. The zero-order valence-corrected chi connectivity index (χ0v) is 21.8. The molecule has 3 nitrogen and oxygen atoms in total. The van der Waals surface area contributed by atoms with Crippen LogP contribution in [0.4, 0.5) is 8.78 Å². The van der Waals surface area contributed by atoms with Crippen molar-refractivity contribution in [2.45, 2.75) is 109 Å². The predicted octanol–water partition coefficient (Wildman–Crippen LogP) is 6.86. The molecular weight excluding hydrogens is 456 g/mol. The molecule has 1 N–H and O–H groups in total. The fourth-order valence-electron chi connectivity index (χ4n) is 8.77. The van der Waals surface area contributed by atoms with E-state index in [1.165, 1.54) is 25.7 Å². The molecule has 5 aliphatic carbocycles. The van der Waals surface area contributed by atoms with E-state index in [1.54, 1.807) is 0 Å². The minimum Gasteiger partial charge on any atom is -0.456 e. The third-order valence-electron chi connectivity index (χ3n) is 10.9. The monoisotopic (exact) mass is 497 g/mol. The third kappa shape index (κ3) is 4.04. The highest BCUT2D eigenvalue weighted by Gasteiger charge is 2.64. The molecule has 4 saturated carbocycles. The standard InChI is InChI=1S/C31H41F2NO2/c1-29-19-17-27(36-28(35)15-8-20-6-4-3-5-7-20)31(32,33)25(29)13-11-22-23-12-14-26(34-21-9-10-21)30(23,2)18-16-24(22)29/h3-7,13,21-24,26-27,34H,8-12,14-19H2,1-2H3/t22-,23-,24-,26-,27-,29+,30-/m0/s1. The van der Waals surface area contributed by atoms with E-state index in [-0.39, 0.29) is 18.4 Å². The Labute approximate surface area is 214 Å². The number of alkyl halides is 2. The van der Waals surface area contributed by atoms with Crippen molar-refractivity contribution in [1.29, 1.82) is 0 Å². The zero-order chi connectivity index (χ0) is 25.1. The predicted molar refractivity (Wildman–Crippen MR) is 137 cm³/mol. The van der Waals surface area contributed by atoms with E-state index in [4.69, 9.17) is 4.74 Å². The number of fused-ring (bicyclic) bond motifs is 5. The van der Waals surface area contributed by atoms with Crippen molar-refractivity contribution in [3.05, 3.63) is 47.5 Å². The van der Waals surface area contributed by atoms with Gasteiger partial charge in [0.1, 0.15) is 0 Å². The first kappa shape index (κ1) is 24.6. The van der Waals surface area contributed by atoms with Crippen molar-refractivity contribution in [3.8, 4) is 0 Å². The third-order valence-corrected chi connectivity index (χ3v) is 10.9. The molecule has 0 amide bonds. The van der Waals surface area contributed by atoms with Gasteiger partial charge in [0, 0.05) is 24.1 Å². The summed E-state index contributed by atoms with van der Waals surface area (Å²) < 4.78 is 37.3. The molecule has 0 saturated heterocycles. The smallest absolute Gasteiger partial charge is 0.306 e. The Morgan fingerprint density at radius 2 is 1.78 bits per heavy atom. The Morgan fingerprint density at radius 3 is 2.53 bits per heavy atom. The number of nitrogens with one attached hydrogen (secondary N) is 1. The molecule has 0 spiro atoms. The van der Waals surface area contributed by atoms with Gasteiger partial charge in [-0.25, -0.2) is 0 Å². The van der Waals surface area contributed by atoms with Gasteiger partial charge < -0.3 is 10.1 Å². The van der Waals surface area contributed by atoms with E-state index in [0.29, 0.717) is 48.1 Å². The fraction of sp³-hybridized carbons (Fsp3) is 0.710. The van der Waals surface area contributed by atoms with Gasteiger partial charge in [-0.05, 0) is 98.4 Å². The van der Waals surface area contributed by atoms with Gasteiger partial charge in [0.05, 0.1) is 0 Å². The van der Waals surface area contributed by atoms with Crippen LogP contribution in [0.25, 0.3) is 0 Å². The Morgan fingerprint density at radius 1 is 1.00 bits per heavy atom. The van der Waals surface area contributed by atoms with Gasteiger partial charge in [0.15, 0.2) is 6.10 Å². The summed E-state index contributed by atoms with van der Waals surface area (Å²) in [6.45, 7) is 4.57. The van der Waals surface area contributed by atoms with Crippen LogP contribution in [0.2, 0.25) is 0 Å². The van der Waals surface area contributed by atoms with E-state index in [9.17, 15) is 4.79 Å². The Bertz CT molecular complexity index is 1020. The molecule has 0 bridgehead atoms. The maximum absolute atomic E-state index is 15.9. The van der Waals surface area contributed by atoms with Crippen LogP contribution < -0.4 is 5.32 Å². The molecule has 4 fully saturated rings. The van der Waals surface area contributed by atoms with Crippen LogP contribution in [0.5, 0.6) is 0 Å². The SMILES string of the molecule is C[C@]12CC[C@H]3[C@@H](CC=C4C(F)(F)[C@@H](OC(=O)CCc5ccccc5)CC[C@@]43C)[C@@H]1CC[C@@H]2NC1CC1. The van der Waals surface area contributed by atoms with Gasteiger partial charge in [-0.3, -0.25) is 4.79 Å². The molecule has 0 aromatic heterocycles. The van der Waals surface area contributed by atoms with Crippen molar-refractivity contribution in [2.75, 3.05) is 0 Å². The number of ether oxygens (including phenoxy) is 1. The summed E-state index contributed by atoms with van der Waals surface area (Å²) in [6.07, 6.45) is 10.1. The van der Waals surface area contributed by atoms with Gasteiger partial charge in [0.25, 0.3) is 0 Å². The molecule has 0 heterocycles. The van der Waals surface area contributed by atoms with Crippen molar-refractivity contribution < 1.29 is 18.3 Å². The number of hydrogen-bond acceptors (Lipinski definition) is 3. The van der Waals surface area contributed by atoms with Crippen molar-refractivity contribution in [3.63, 3.8) is 0 Å². The number of allylic oxidation sites excluding steroid dienone is 1. The van der Waals surface area contributed by atoms with Crippen LogP contribution in [0, 0.1) is 28.6 Å². The molecule has 5 heteroatoms. The molecule has 7 atom stereocenters. The highest BCUT2D eigenvalue weighted by Crippen LogP contribution is 2.66. The average Bonchev–Trinajstić information content (AvgIpc) is 3.61. The summed E-state index contributed by atoms with van der Waals surface area (Å²) in [6, 6.07) is 10.9. The molecule has 0 aliphatic heterocycles. The van der Waals surface area contributed by atoms with Gasteiger partial charge in [-0.15, -0.1) is 0 Å². The summed E-state index contributed by atoms with van der Waals surface area (Å²) >= 11 is 0. The molecule has 5 aliphatic rings. The first-order valence-electron chi connectivity index (χ1n) is 14.3. The van der Waals surface area contributed by atoms with Gasteiger partial charge in [-0.1, -0.05) is 50.3 Å². The van der Waals surface area contributed by atoms with Crippen LogP contribution in [-0.2, 0) is 16.0 Å². The molecule has 1 aromatic rings. The number of esters is 1. The molecular formula is C31H41F2NO2. The van der Waals surface area contributed by atoms with Crippen LogP contribution in [0.15, 0.2) is 42.0 Å². The summed E-state index contributed by atoms with van der Waals surface area (Å²) in [5.41, 5.74) is 1.07. The summed E-state index contributed by atoms with van der Waals surface area (Å²) in [5.74, 6) is -2.20. The average molecular weight is 498 g/mol. The molecule has 6 rings (SSSR count). The van der Waals surface area contributed by atoms with Gasteiger partial charge in [-0.2, -0.15) is 8.78 Å². The zero-order valence-electron chi connectivity index (χ0n) is 21.8. The number of hydrogen-bond donors (Lipinski definition) is 1. The van der Waals surface area contributed by atoms with E-state index >= 15 is 8.78 Å². The van der Waals surface area contributed by atoms with E-state index < -0.39 is 23.4 Å². The highest BCUT2D eigenvalue weighted by molar-refractivity contribution is 5.70.